The molecule has 2 amide bonds. The number of methoxy groups -OCH3 is 1. The second-order valence-corrected chi connectivity index (χ2v) is 7.66. The molecule has 0 radical (unpaired) electrons. The quantitative estimate of drug-likeness (QED) is 0.636. The summed E-state index contributed by atoms with van der Waals surface area (Å²) in [5.41, 5.74) is 3.58. The highest BCUT2D eigenvalue weighted by Gasteiger charge is 2.33. The Morgan fingerprint density at radius 1 is 0.871 bits per heavy atom. The topological polar surface area (TPSA) is 49.9 Å². The van der Waals surface area contributed by atoms with Crippen molar-refractivity contribution in [1.29, 1.82) is 0 Å². The van der Waals surface area contributed by atoms with E-state index in [2.05, 4.69) is 0 Å². The second-order valence-electron chi connectivity index (χ2n) is 7.66. The molecule has 1 saturated heterocycles. The first-order chi connectivity index (χ1) is 15.1. The fourth-order valence-electron chi connectivity index (χ4n) is 4.12. The van der Waals surface area contributed by atoms with Gasteiger partial charge in [-0.2, -0.15) is 0 Å². The smallest absolute Gasteiger partial charge is 0.255 e. The first-order valence-corrected chi connectivity index (χ1v) is 10.4. The fourth-order valence-corrected chi connectivity index (χ4v) is 4.12. The van der Waals surface area contributed by atoms with Crippen LogP contribution in [0.4, 0.5) is 0 Å². The normalized spacial score (nSPS) is 16.1. The molecular formula is C26H26N2O3. The summed E-state index contributed by atoms with van der Waals surface area (Å²) < 4.78 is 5.28. The summed E-state index contributed by atoms with van der Waals surface area (Å²) in [6, 6.07) is 25.2. The van der Waals surface area contributed by atoms with Crippen LogP contribution in [0.25, 0.3) is 11.1 Å². The van der Waals surface area contributed by atoms with Crippen LogP contribution in [-0.4, -0.2) is 48.4 Å². The largest absolute Gasteiger partial charge is 0.497 e. The molecule has 5 nitrogen and oxygen atoms in total. The zero-order valence-corrected chi connectivity index (χ0v) is 17.8. The Hall–Kier alpha value is -3.60. The van der Waals surface area contributed by atoms with Gasteiger partial charge in [0, 0.05) is 32.1 Å². The summed E-state index contributed by atoms with van der Waals surface area (Å²) in [6.07, 6.45) is 0. The SMILES string of the molecule is COc1ccc([C@H]2CN(C(C)=O)CCN2C(=O)c2ccccc2-c2ccccc2)cc1. The number of hydrogen-bond donors (Lipinski definition) is 0. The number of carbonyl (C=O) groups excluding carboxylic acids is 2. The van der Waals surface area contributed by atoms with Crippen LogP contribution in [0.3, 0.4) is 0 Å². The molecule has 1 aliphatic rings. The van der Waals surface area contributed by atoms with Crippen LogP contribution in [0, 0.1) is 0 Å². The molecule has 0 bridgehead atoms. The number of carbonyl (C=O) groups is 2. The number of benzene rings is 3. The van der Waals surface area contributed by atoms with Gasteiger partial charge in [0.05, 0.1) is 13.2 Å². The van der Waals surface area contributed by atoms with E-state index in [4.69, 9.17) is 4.74 Å². The van der Waals surface area contributed by atoms with E-state index in [9.17, 15) is 9.59 Å². The number of ether oxygens (including phenoxy) is 1. The zero-order valence-electron chi connectivity index (χ0n) is 17.8. The molecule has 0 N–H and O–H groups in total. The van der Waals surface area contributed by atoms with E-state index in [1.165, 1.54) is 0 Å². The molecule has 1 fully saturated rings. The molecule has 0 saturated carbocycles. The Morgan fingerprint density at radius 3 is 2.23 bits per heavy atom. The van der Waals surface area contributed by atoms with Crippen molar-refractivity contribution in [2.24, 2.45) is 0 Å². The zero-order chi connectivity index (χ0) is 21.8. The van der Waals surface area contributed by atoms with Gasteiger partial charge >= 0.3 is 0 Å². The van der Waals surface area contributed by atoms with Crippen molar-refractivity contribution in [2.45, 2.75) is 13.0 Å². The number of hydrogen-bond acceptors (Lipinski definition) is 3. The van der Waals surface area contributed by atoms with Gasteiger partial charge < -0.3 is 14.5 Å². The maximum absolute atomic E-state index is 13.8. The van der Waals surface area contributed by atoms with Crippen LogP contribution in [0.1, 0.15) is 28.9 Å². The van der Waals surface area contributed by atoms with E-state index in [1.54, 1.807) is 14.0 Å². The number of rotatable bonds is 4. The van der Waals surface area contributed by atoms with Gasteiger partial charge in [-0.1, -0.05) is 60.7 Å². The highest BCUT2D eigenvalue weighted by atomic mass is 16.5. The molecule has 0 spiro atoms. The number of amides is 2. The molecule has 31 heavy (non-hydrogen) atoms. The van der Waals surface area contributed by atoms with E-state index < -0.39 is 0 Å². The standard InChI is InChI=1S/C26H26N2O3/c1-19(29)27-16-17-28(25(18-27)21-12-14-22(31-2)15-13-21)26(30)24-11-7-6-10-23(24)20-8-4-3-5-9-20/h3-15,25H,16-18H2,1-2H3/t25-/m1/s1. The molecule has 3 aromatic rings. The summed E-state index contributed by atoms with van der Waals surface area (Å²) in [5, 5.41) is 0. The van der Waals surface area contributed by atoms with Gasteiger partial charge in [-0.3, -0.25) is 9.59 Å². The maximum atomic E-state index is 13.8. The van der Waals surface area contributed by atoms with E-state index in [1.807, 2.05) is 88.7 Å². The van der Waals surface area contributed by atoms with E-state index in [-0.39, 0.29) is 17.9 Å². The lowest BCUT2D eigenvalue weighted by Gasteiger charge is -2.41. The lowest BCUT2D eigenvalue weighted by atomic mass is 9.96. The van der Waals surface area contributed by atoms with Crippen molar-refractivity contribution in [2.75, 3.05) is 26.7 Å². The molecule has 5 heteroatoms. The van der Waals surface area contributed by atoms with Crippen molar-refractivity contribution in [3.05, 3.63) is 90.0 Å². The predicted molar refractivity (Wildman–Crippen MR) is 121 cm³/mol. The third-order valence-electron chi connectivity index (χ3n) is 5.83. The summed E-state index contributed by atoms with van der Waals surface area (Å²) in [6.45, 7) is 3.06. The van der Waals surface area contributed by atoms with Crippen LogP contribution in [0.5, 0.6) is 5.75 Å². The lowest BCUT2D eigenvalue weighted by Crippen LogP contribution is -2.52. The van der Waals surface area contributed by atoms with E-state index >= 15 is 0 Å². The third kappa shape index (κ3) is 4.31. The summed E-state index contributed by atoms with van der Waals surface area (Å²) in [7, 11) is 1.63. The van der Waals surface area contributed by atoms with Gasteiger partial charge in [-0.05, 0) is 34.9 Å². The Labute approximate surface area is 182 Å². The molecule has 3 aromatic carbocycles. The Morgan fingerprint density at radius 2 is 1.55 bits per heavy atom. The molecule has 4 rings (SSSR count). The monoisotopic (exact) mass is 414 g/mol. The van der Waals surface area contributed by atoms with Crippen LogP contribution < -0.4 is 4.74 Å². The summed E-state index contributed by atoms with van der Waals surface area (Å²) >= 11 is 0. The molecule has 1 atom stereocenters. The molecule has 1 heterocycles. The molecule has 0 aromatic heterocycles. The number of piperazine rings is 1. The summed E-state index contributed by atoms with van der Waals surface area (Å²) in [4.78, 5) is 29.5. The lowest BCUT2D eigenvalue weighted by molar-refractivity contribution is -0.131. The van der Waals surface area contributed by atoms with Crippen molar-refractivity contribution in [3.8, 4) is 16.9 Å². The fraction of sp³-hybridized carbons (Fsp3) is 0.231. The van der Waals surface area contributed by atoms with Gasteiger partial charge in [0.2, 0.25) is 5.91 Å². The van der Waals surface area contributed by atoms with Gasteiger partial charge in [-0.25, -0.2) is 0 Å². The van der Waals surface area contributed by atoms with Gasteiger partial charge in [0.15, 0.2) is 0 Å². The molecule has 0 aliphatic carbocycles. The number of nitrogens with zero attached hydrogens (tertiary/aromatic N) is 2. The van der Waals surface area contributed by atoms with Crippen molar-refractivity contribution in [1.82, 2.24) is 9.80 Å². The van der Waals surface area contributed by atoms with E-state index in [0.29, 0.717) is 25.2 Å². The minimum Gasteiger partial charge on any atom is -0.497 e. The predicted octanol–water partition coefficient (Wildman–Crippen LogP) is 4.41. The molecular weight excluding hydrogens is 388 g/mol. The first-order valence-electron chi connectivity index (χ1n) is 10.4. The third-order valence-corrected chi connectivity index (χ3v) is 5.83. The van der Waals surface area contributed by atoms with Crippen LogP contribution in [0.2, 0.25) is 0 Å². The van der Waals surface area contributed by atoms with Gasteiger partial charge in [0.25, 0.3) is 5.91 Å². The minimum atomic E-state index is -0.222. The first kappa shape index (κ1) is 20.7. The molecule has 1 aliphatic heterocycles. The average molecular weight is 415 g/mol. The van der Waals surface area contributed by atoms with Crippen molar-refractivity contribution >= 4 is 11.8 Å². The van der Waals surface area contributed by atoms with Crippen molar-refractivity contribution in [3.63, 3.8) is 0 Å². The minimum absolute atomic E-state index is 0.0234. The average Bonchev–Trinajstić information content (AvgIpc) is 2.84. The Kier molecular flexibility index (Phi) is 6.03. The van der Waals surface area contributed by atoms with Crippen LogP contribution in [-0.2, 0) is 4.79 Å². The maximum Gasteiger partial charge on any atom is 0.255 e. The van der Waals surface area contributed by atoms with Crippen molar-refractivity contribution < 1.29 is 14.3 Å². The van der Waals surface area contributed by atoms with Crippen LogP contribution in [0.15, 0.2) is 78.9 Å². The Balaban J connectivity index is 1.71. The highest BCUT2D eigenvalue weighted by molar-refractivity contribution is 6.01. The highest BCUT2D eigenvalue weighted by Crippen LogP contribution is 2.31. The summed E-state index contributed by atoms with van der Waals surface area (Å²) in [5.74, 6) is 0.758. The Bertz CT molecular complexity index is 1060. The van der Waals surface area contributed by atoms with Gasteiger partial charge in [0.1, 0.15) is 5.75 Å². The second kappa shape index (κ2) is 9.04. The molecule has 0 unspecified atom stereocenters. The van der Waals surface area contributed by atoms with E-state index in [0.717, 1.165) is 22.4 Å². The van der Waals surface area contributed by atoms with Crippen LogP contribution >= 0.6 is 0 Å². The molecule has 158 valence electrons. The van der Waals surface area contributed by atoms with Gasteiger partial charge in [-0.15, -0.1) is 0 Å².